The minimum Gasteiger partial charge on any atom is -0.454 e. The molecule has 2 aromatic heterocycles. The number of furan rings is 2. The van der Waals surface area contributed by atoms with Gasteiger partial charge >= 0.3 is 0 Å². The van der Waals surface area contributed by atoms with Crippen LogP contribution in [-0.4, -0.2) is 0 Å². The van der Waals surface area contributed by atoms with Gasteiger partial charge in [-0.2, -0.15) is 0 Å². The third kappa shape index (κ3) is 5.67. The summed E-state index contributed by atoms with van der Waals surface area (Å²) >= 11 is 0. The summed E-state index contributed by atoms with van der Waals surface area (Å²) in [5.74, 6) is 0.872. The lowest BCUT2D eigenvalue weighted by molar-refractivity contribution is 0.668. The maximum atomic E-state index is 6.66. The molecule has 0 N–H and O–H groups in total. The van der Waals surface area contributed by atoms with E-state index in [-0.39, 0.29) is 0 Å². The summed E-state index contributed by atoms with van der Waals surface area (Å²) < 4.78 is 13.3. The van der Waals surface area contributed by atoms with Crippen LogP contribution in [0.5, 0.6) is 0 Å². The van der Waals surface area contributed by atoms with Crippen LogP contribution < -0.4 is 9.80 Å². The Hall–Kier alpha value is -7.56. The van der Waals surface area contributed by atoms with Crippen LogP contribution in [0.3, 0.4) is 0 Å². The summed E-state index contributed by atoms with van der Waals surface area (Å²) in [5, 5.41) is 11.8. The average molecular weight is 801 g/mol. The molecule has 0 bridgehead atoms. The van der Waals surface area contributed by atoms with Gasteiger partial charge in [0.2, 0.25) is 0 Å². The van der Waals surface area contributed by atoms with Gasteiger partial charge in [0.05, 0.1) is 11.4 Å². The minimum absolute atomic E-state index is 0.436. The topological polar surface area (TPSA) is 32.8 Å². The molecule has 4 nitrogen and oxygen atoms in total. The summed E-state index contributed by atoms with van der Waals surface area (Å²) in [4.78, 5) is 4.73. The molecular formula is C58H44N2O2. The summed E-state index contributed by atoms with van der Waals surface area (Å²) in [7, 11) is 0. The molecule has 0 radical (unpaired) electrons. The molecule has 10 aromatic carbocycles. The molecule has 0 spiro atoms. The van der Waals surface area contributed by atoms with E-state index >= 15 is 0 Å². The molecule has 0 aliphatic carbocycles. The van der Waals surface area contributed by atoms with Gasteiger partial charge in [0.1, 0.15) is 11.2 Å². The zero-order valence-corrected chi connectivity index (χ0v) is 35.2. The molecule has 0 aliphatic rings. The maximum absolute atomic E-state index is 6.66. The fraction of sp³-hybridized carbons (Fsp3) is 0.103. The quantitative estimate of drug-likeness (QED) is 0.143. The highest BCUT2D eigenvalue weighted by Gasteiger charge is 2.24. The molecule has 0 atom stereocenters. The van der Waals surface area contributed by atoms with Crippen molar-refractivity contribution in [1.82, 2.24) is 0 Å². The van der Waals surface area contributed by atoms with Crippen LogP contribution in [0, 0.1) is 0 Å². The van der Waals surface area contributed by atoms with Gasteiger partial charge in [-0.05, 0) is 128 Å². The molecular weight excluding hydrogens is 757 g/mol. The second kappa shape index (κ2) is 14.0. The van der Waals surface area contributed by atoms with Crippen LogP contribution in [0.1, 0.15) is 50.7 Å². The first-order chi connectivity index (χ1) is 30.4. The number of benzene rings is 10. The molecule has 12 rings (SSSR count). The van der Waals surface area contributed by atoms with Gasteiger partial charge in [0, 0.05) is 44.3 Å². The van der Waals surface area contributed by atoms with E-state index in [1.807, 2.05) is 12.1 Å². The first kappa shape index (κ1) is 36.3. The van der Waals surface area contributed by atoms with Crippen molar-refractivity contribution < 1.29 is 8.83 Å². The zero-order chi connectivity index (χ0) is 41.6. The first-order valence-corrected chi connectivity index (χ1v) is 21.7. The van der Waals surface area contributed by atoms with Gasteiger partial charge in [-0.25, -0.2) is 0 Å². The van der Waals surface area contributed by atoms with Crippen molar-refractivity contribution in [2.24, 2.45) is 0 Å². The lowest BCUT2D eigenvalue weighted by atomic mass is 9.92. The average Bonchev–Trinajstić information content (AvgIpc) is 3.88. The van der Waals surface area contributed by atoms with Gasteiger partial charge in [-0.15, -0.1) is 0 Å². The highest BCUT2D eigenvalue weighted by atomic mass is 16.3. The summed E-state index contributed by atoms with van der Waals surface area (Å²) in [6.07, 6.45) is 0. The van der Waals surface area contributed by atoms with Crippen molar-refractivity contribution >= 4 is 110 Å². The van der Waals surface area contributed by atoms with Crippen LogP contribution in [-0.2, 0) is 0 Å². The van der Waals surface area contributed by atoms with Crippen LogP contribution in [0.25, 0.3) is 76.2 Å². The molecule has 0 aliphatic heterocycles. The Morgan fingerprint density at radius 2 is 0.694 bits per heavy atom. The highest BCUT2D eigenvalue weighted by Crippen LogP contribution is 2.48. The first-order valence-electron chi connectivity index (χ1n) is 21.7. The predicted octanol–water partition coefficient (Wildman–Crippen LogP) is 17.6. The lowest BCUT2D eigenvalue weighted by Gasteiger charge is -2.28. The van der Waals surface area contributed by atoms with E-state index in [4.69, 9.17) is 8.83 Å². The number of anilines is 6. The Morgan fingerprint density at radius 3 is 1.06 bits per heavy atom. The number of nitrogens with zero attached hydrogens (tertiary/aromatic N) is 2. The predicted molar refractivity (Wildman–Crippen MR) is 262 cm³/mol. The van der Waals surface area contributed by atoms with Crippen LogP contribution >= 0.6 is 0 Å². The van der Waals surface area contributed by atoms with Crippen LogP contribution in [0.2, 0.25) is 0 Å². The van der Waals surface area contributed by atoms with Crippen LogP contribution in [0.15, 0.2) is 191 Å². The molecule has 298 valence electrons. The van der Waals surface area contributed by atoms with Crippen molar-refractivity contribution in [3.63, 3.8) is 0 Å². The molecule has 62 heavy (non-hydrogen) atoms. The smallest absolute Gasteiger partial charge is 0.159 e. The Balaban J connectivity index is 1.04. The molecule has 2 heterocycles. The molecule has 0 fully saturated rings. The third-order valence-corrected chi connectivity index (χ3v) is 12.9. The number of hydrogen-bond acceptors (Lipinski definition) is 4. The molecule has 12 aromatic rings. The van der Waals surface area contributed by atoms with Crippen molar-refractivity contribution in [3.8, 4) is 0 Å². The van der Waals surface area contributed by atoms with Gasteiger partial charge in [0.25, 0.3) is 0 Å². The fourth-order valence-electron chi connectivity index (χ4n) is 9.75. The van der Waals surface area contributed by atoms with Crippen molar-refractivity contribution in [2.45, 2.75) is 39.5 Å². The lowest BCUT2D eigenvalue weighted by Crippen LogP contribution is -2.11. The Morgan fingerprint density at radius 1 is 0.339 bits per heavy atom. The molecule has 0 saturated carbocycles. The summed E-state index contributed by atoms with van der Waals surface area (Å²) in [5.41, 5.74) is 12.5. The van der Waals surface area contributed by atoms with E-state index < -0.39 is 0 Å². The number of fused-ring (bicyclic) bond motifs is 6. The Bertz CT molecular complexity index is 3340. The van der Waals surface area contributed by atoms with E-state index in [2.05, 4.69) is 207 Å². The number of hydrogen-bond donors (Lipinski definition) is 0. The Kier molecular flexibility index (Phi) is 8.20. The second-order valence-electron chi connectivity index (χ2n) is 17.3. The van der Waals surface area contributed by atoms with Gasteiger partial charge in [0.15, 0.2) is 11.2 Å². The van der Waals surface area contributed by atoms with E-state index in [9.17, 15) is 0 Å². The third-order valence-electron chi connectivity index (χ3n) is 12.9. The normalized spacial score (nSPS) is 12.2. The SMILES string of the molecule is CC(C)c1ccc(N(c2cc3ccc4cc(N(c5ccc(C(C)C)cc5)c5cccc6c5oc5ccccc56)cc5ccc(c2)c3c45)c2cccc3c2oc2ccccc23)cc1. The molecule has 0 unspecified atom stereocenters. The van der Waals surface area contributed by atoms with E-state index in [0.29, 0.717) is 11.8 Å². The van der Waals surface area contributed by atoms with Crippen LogP contribution in [0.4, 0.5) is 34.1 Å². The number of para-hydroxylation sites is 4. The van der Waals surface area contributed by atoms with Gasteiger partial charge < -0.3 is 18.6 Å². The van der Waals surface area contributed by atoms with E-state index in [0.717, 1.165) is 78.0 Å². The maximum Gasteiger partial charge on any atom is 0.159 e. The second-order valence-corrected chi connectivity index (χ2v) is 17.3. The van der Waals surface area contributed by atoms with Crippen molar-refractivity contribution in [1.29, 1.82) is 0 Å². The summed E-state index contributed by atoms with van der Waals surface area (Å²) in [6.45, 7) is 8.97. The van der Waals surface area contributed by atoms with Crippen molar-refractivity contribution in [2.75, 3.05) is 9.80 Å². The fourth-order valence-corrected chi connectivity index (χ4v) is 9.75. The standard InChI is InChI=1S/C58H44N2O2/c1-35(2)37-23-27-43(28-24-37)59(51-15-9-13-49-47-11-5-7-17-53(47)61-57(49)51)45-31-39-19-21-41-33-46(34-42-22-20-40(32-45)55(39)56(41)42)60(44-29-25-38(26-30-44)36(3)4)52-16-10-14-50-48-12-6-8-18-54(48)62-58(50)52/h5-36H,1-4H3. The molecule has 4 heteroatoms. The Labute approximate surface area is 360 Å². The number of rotatable bonds is 8. The van der Waals surface area contributed by atoms with E-state index in [1.54, 1.807) is 0 Å². The molecule has 0 amide bonds. The highest BCUT2D eigenvalue weighted by molar-refractivity contribution is 6.25. The minimum atomic E-state index is 0.436. The van der Waals surface area contributed by atoms with Gasteiger partial charge in [-0.3, -0.25) is 0 Å². The zero-order valence-electron chi connectivity index (χ0n) is 35.2. The van der Waals surface area contributed by atoms with Gasteiger partial charge in [-0.1, -0.05) is 137 Å². The largest absolute Gasteiger partial charge is 0.454 e. The monoisotopic (exact) mass is 800 g/mol. The van der Waals surface area contributed by atoms with Crippen molar-refractivity contribution in [3.05, 3.63) is 193 Å². The summed E-state index contributed by atoms with van der Waals surface area (Å²) in [6, 6.07) is 66.2. The van der Waals surface area contributed by atoms with E-state index in [1.165, 1.54) is 43.4 Å². The molecule has 0 saturated heterocycles.